The topological polar surface area (TPSA) is 86.3 Å². The quantitative estimate of drug-likeness (QED) is 0.724. The van der Waals surface area contributed by atoms with Crippen molar-refractivity contribution in [3.63, 3.8) is 0 Å². The van der Waals surface area contributed by atoms with Crippen LogP contribution in [0.3, 0.4) is 0 Å². The molecule has 7 nitrogen and oxygen atoms in total. The first kappa shape index (κ1) is 12.2. The molecule has 0 bridgehead atoms. The molecule has 0 aromatic carbocycles. The Morgan fingerprint density at radius 3 is 2.76 bits per heavy atom. The van der Waals surface area contributed by atoms with Crippen LogP contribution in [0.1, 0.15) is 0 Å². The summed E-state index contributed by atoms with van der Waals surface area (Å²) in [4.78, 5) is 13.7. The molecule has 2 N–H and O–H groups in total. The third-order valence-corrected chi connectivity index (χ3v) is 3.56. The third kappa shape index (κ3) is 2.89. The number of hydrogen-bond acceptors (Lipinski definition) is 6. The predicted molar refractivity (Wildman–Crippen MR) is 63.5 cm³/mol. The molecular weight excluding hydrogens is 242 g/mol. The van der Waals surface area contributed by atoms with Gasteiger partial charge in [0.1, 0.15) is 0 Å². The van der Waals surface area contributed by atoms with Crippen molar-refractivity contribution in [3.05, 3.63) is 0 Å². The lowest BCUT2D eigenvalue weighted by molar-refractivity contribution is -0.132. The number of thioether (sulfide) groups is 1. The van der Waals surface area contributed by atoms with Gasteiger partial charge in [-0.05, 0) is 0 Å². The summed E-state index contributed by atoms with van der Waals surface area (Å²) in [5.74, 6) is 0.803. The molecule has 8 heteroatoms. The first-order valence-corrected chi connectivity index (χ1v) is 6.30. The van der Waals surface area contributed by atoms with E-state index in [-0.39, 0.29) is 5.91 Å². The minimum absolute atomic E-state index is 0.0971. The lowest BCUT2D eigenvalue weighted by Gasteiger charge is -2.26. The fraction of sp³-hybridized carbons (Fsp3) is 0.667. The number of nitrogen functional groups attached to an aromatic ring is 1. The van der Waals surface area contributed by atoms with Crippen molar-refractivity contribution in [1.29, 1.82) is 0 Å². The molecule has 94 valence electrons. The average Bonchev–Trinajstić information content (AvgIpc) is 2.68. The fourth-order valence-electron chi connectivity index (χ4n) is 1.48. The molecule has 1 aromatic heterocycles. The van der Waals surface area contributed by atoms with Crippen LogP contribution < -0.4 is 5.73 Å². The van der Waals surface area contributed by atoms with Gasteiger partial charge in [0, 0.05) is 20.1 Å². The van der Waals surface area contributed by atoms with Gasteiger partial charge in [-0.2, -0.15) is 0 Å². The van der Waals surface area contributed by atoms with E-state index in [4.69, 9.17) is 10.5 Å². The number of amides is 1. The summed E-state index contributed by atoms with van der Waals surface area (Å²) in [5.41, 5.74) is 5.55. The number of carbonyl (C=O) groups is 1. The molecule has 1 aliphatic heterocycles. The van der Waals surface area contributed by atoms with E-state index in [9.17, 15) is 4.79 Å². The number of nitrogens with zero attached hydrogens (tertiary/aromatic N) is 4. The summed E-state index contributed by atoms with van der Waals surface area (Å²) >= 11 is 1.35. The molecule has 0 spiro atoms. The van der Waals surface area contributed by atoms with Crippen LogP contribution >= 0.6 is 11.8 Å². The van der Waals surface area contributed by atoms with Crippen molar-refractivity contribution in [3.8, 4) is 0 Å². The monoisotopic (exact) mass is 257 g/mol. The van der Waals surface area contributed by atoms with Crippen molar-refractivity contribution in [2.24, 2.45) is 7.05 Å². The van der Waals surface area contributed by atoms with Crippen LogP contribution in [0.15, 0.2) is 5.16 Å². The second-order valence-electron chi connectivity index (χ2n) is 3.68. The Kier molecular flexibility index (Phi) is 3.85. The highest BCUT2D eigenvalue weighted by Crippen LogP contribution is 2.17. The van der Waals surface area contributed by atoms with Crippen molar-refractivity contribution in [1.82, 2.24) is 19.7 Å². The number of hydrogen-bond donors (Lipinski definition) is 1. The van der Waals surface area contributed by atoms with E-state index < -0.39 is 0 Å². The highest BCUT2D eigenvalue weighted by molar-refractivity contribution is 7.99. The molecule has 0 radical (unpaired) electrons. The van der Waals surface area contributed by atoms with Gasteiger partial charge in [-0.1, -0.05) is 11.8 Å². The molecule has 17 heavy (non-hydrogen) atoms. The molecular formula is C9H15N5O2S. The lowest BCUT2D eigenvalue weighted by Crippen LogP contribution is -2.41. The van der Waals surface area contributed by atoms with E-state index in [2.05, 4.69) is 10.2 Å². The van der Waals surface area contributed by atoms with Crippen molar-refractivity contribution < 1.29 is 9.53 Å². The summed E-state index contributed by atoms with van der Waals surface area (Å²) < 4.78 is 6.86. The van der Waals surface area contributed by atoms with Gasteiger partial charge in [-0.15, -0.1) is 10.2 Å². The van der Waals surface area contributed by atoms with Gasteiger partial charge < -0.3 is 15.4 Å². The van der Waals surface area contributed by atoms with E-state index in [1.807, 2.05) is 0 Å². The van der Waals surface area contributed by atoms with Crippen LogP contribution in [0.4, 0.5) is 5.95 Å². The minimum atomic E-state index is 0.0971. The second-order valence-corrected chi connectivity index (χ2v) is 4.62. The smallest absolute Gasteiger partial charge is 0.233 e. The molecule has 2 heterocycles. The van der Waals surface area contributed by atoms with Gasteiger partial charge in [-0.3, -0.25) is 9.36 Å². The highest BCUT2D eigenvalue weighted by Gasteiger charge is 2.18. The molecule has 1 fully saturated rings. The number of rotatable bonds is 3. The first-order valence-electron chi connectivity index (χ1n) is 5.31. The second kappa shape index (κ2) is 5.37. The van der Waals surface area contributed by atoms with Crippen LogP contribution in [-0.4, -0.2) is 57.6 Å². The first-order chi connectivity index (χ1) is 8.18. The zero-order valence-electron chi connectivity index (χ0n) is 9.63. The van der Waals surface area contributed by atoms with Crippen LogP contribution in [-0.2, 0) is 16.6 Å². The number of morpholine rings is 1. The summed E-state index contributed by atoms with van der Waals surface area (Å²) in [5, 5.41) is 8.28. The van der Waals surface area contributed by atoms with Gasteiger partial charge in [0.25, 0.3) is 0 Å². The van der Waals surface area contributed by atoms with Crippen molar-refractivity contribution in [2.75, 3.05) is 37.8 Å². The molecule has 1 aromatic rings. The fourth-order valence-corrected chi connectivity index (χ4v) is 2.30. The van der Waals surface area contributed by atoms with Crippen molar-refractivity contribution >= 4 is 23.6 Å². The van der Waals surface area contributed by atoms with Crippen LogP contribution in [0.25, 0.3) is 0 Å². The molecule has 0 saturated carbocycles. The zero-order valence-corrected chi connectivity index (χ0v) is 10.4. The maximum Gasteiger partial charge on any atom is 0.233 e. The molecule has 1 saturated heterocycles. The number of ether oxygens (including phenoxy) is 1. The van der Waals surface area contributed by atoms with E-state index in [1.54, 1.807) is 16.5 Å². The summed E-state index contributed by atoms with van der Waals surface area (Å²) in [6, 6.07) is 0. The van der Waals surface area contributed by atoms with Crippen LogP contribution in [0, 0.1) is 0 Å². The molecule has 0 aliphatic carbocycles. The largest absolute Gasteiger partial charge is 0.378 e. The predicted octanol–water partition coefficient (Wildman–Crippen LogP) is -0.652. The number of aromatic nitrogens is 3. The van der Waals surface area contributed by atoms with Gasteiger partial charge in [0.15, 0.2) is 5.16 Å². The van der Waals surface area contributed by atoms with Gasteiger partial charge in [0.2, 0.25) is 11.9 Å². The van der Waals surface area contributed by atoms with Crippen molar-refractivity contribution in [2.45, 2.75) is 5.16 Å². The standard InChI is InChI=1S/C9H15N5O2S/c1-13-8(10)11-12-9(13)17-6-7(15)14-2-4-16-5-3-14/h2-6H2,1H3,(H2,10,11). The Bertz CT molecular complexity index is 402. The molecule has 1 aliphatic rings. The minimum Gasteiger partial charge on any atom is -0.378 e. The normalized spacial score (nSPS) is 16.2. The maximum absolute atomic E-state index is 11.9. The third-order valence-electron chi connectivity index (χ3n) is 2.56. The Morgan fingerprint density at radius 2 is 2.18 bits per heavy atom. The number of carbonyl (C=O) groups excluding carboxylic acids is 1. The molecule has 1 amide bonds. The Labute approximate surface area is 103 Å². The molecule has 0 unspecified atom stereocenters. The SMILES string of the molecule is Cn1c(N)nnc1SCC(=O)N1CCOCC1. The van der Waals surface area contributed by atoms with E-state index >= 15 is 0 Å². The Hall–Kier alpha value is -1.28. The highest BCUT2D eigenvalue weighted by atomic mass is 32.2. The summed E-state index contributed by atoms with van der Waals surface area (Å²) in [7, 11) is 1.77. The van der Waals surface area contributed by atoms with E-state index in [1.165, 1.54) is 11.8 Å². The molecule has 0 atom stereocenters. The van der Waals surface area contributed by atoms with Crippen LogP contribution in [0.2, 0.25) is 0 Å². The number of anilines is 1. The lowest BCUT2D eigenvalue weighted by atomic mass is 10.4. The molecule has 2 rings (SSSR count). The van der Waals surface area contributed by atoms with Gasteiger partial charge >= 0.3 is 0 Å². The number of nitrogens with two attached hydrogens (primary N) is 1. The van der Waals surface area contributed by atoms with Gasteiger partial charge in [-0.25, -0.2) is 0 Å². The van der Waals surface area contributed by atoms with E-state index in [0.29, 0.717) is 43.2 Å². The average molecular weight is 257 g/mol. The Morgan fingerprint density at radius 1 is 1.47 bits per heavy atom. The summed E-state index contributed by atoms with van der Waals surface area (Å²) in [6.45, 7) is 2.57. The van der Waals surface area contributed by atoms with Gasteiger partial charge in [0.05, 0.1) is 19.0 Å². The van der Waals surface area contributed by atoms with Crippen LogP contribution in [0.5, 0.6) is 0 Å². The summed E-state index contributed by atoms with van der Waals surface area (Å²) in [6.07, 6.45) is 0. The zero-order chi connectivity index (χ0) is 12.3. The Balaban J connectivity index is 1.85. The maximum atomic E-state index is 11.9. The van der Waals surface area contributed by atoms with E-state index in [0.717, 1.165) is 0 Å².